The van der Waals surface area contributed by atoms with E-state index in [2.05, 4.69) is 15.4 Å². The van der Waals surface area contributed by atoms with Crippen molar-refractivity contribution in [3.8, 4) is 5.75 Å². The lowest BCUT2D eigenvalue weighted by Gasteiger charge is -2.15. The van der Waals surface area contributed by atoms with Gasteiger partial charge in [0.25, 0.3) is 0 Å². The minimum Gasteiger partial charge on any atom is -0.504 e. The number of carbonyl (C=O) groups excluding carboxylic acids is 1. The van der Waals surface area contributed by atoms with E-state index in [0.717, 1.165) is 0 Å². The zero-order chi connectivity index (χ0) is 20.4. The van der Waals surface area contributed by atoms with Gasteiger partial charge in [-0.2, -0.15) is 0 Å². The Morgan fingerprint density at radius 2 is 1.63 bits per heavy atom. The Morgan fingerprint density at radius 1 is 1.00 bits per heavy atom. The Morgan fingerprint density at radius 3 is 2.26 bits per heavy atom. The number of benzene rings is 2. The van der Waals surface area contributed by atoms with Crippen LogP contribution in [0, 0.1) is 0 Å². The molecule has 0 saturated carbocycles. The van der Waals surface area contributed by atoms with E-state index in [1.54, 1.807) is 26.0 Å². The highest BCUT2D eigenvalue weighted by molar-refractivity contribution is 7.89. The van der Waals surface area contributed by atoms with Crippen molar-refractivity contribution in [1.82, 2.24) is 4.72 Å². The number of amides is 2. The van der Waals surface area contributed by atoms with Crippen LogP contribution in [-0.2, 0) is 10.0 Å². The quantitative estimate of drug-likeness (QED) is 0.494. The molecule has 2 rings (SSSR count). The number of aromatic hydroxyl groups is 1. The zero-order valence-corrected chi connectivity index (χ0v) is 17.3. The average Bonchev–Trinajstić information content (AvgIpc) is 2.53. The molecule has 0 aliphatic rings. The first kappa shape index (κ1) is 21.6. The molecule has 2 aromatic rings. The average molecular weight is 453 g/mol. The molecule has 146 valence electrons. The first-order valence-corrected chi connectivity index (χ1v) is 10.2. The molecule has 2 aromatic carbocycles. The summed E-state index contributed by atoms with van der Waals surface area (Å²) < 4.78 is 27.1. The first-order valence-electron chi connectivity index (χ1n) is 7.58. The maximum absolute atomic E-state index is 12.4. The number of phenolic OH excluding ortho intramolecular Hbond substituents is 1. The van der Waals surface area contributed by atoms with E-state index in [-0.39, 0.29) is 26.4 Å². The summed E-state index contributed by atoms with van der Waals surface area (Å²) in [4.78, 5) is 11.7. The normalized spacial score (nSPS) is 11.5. The molecule has 11 heteroatoms. The fourth-order valence-electron chi connectivity index (χ4n) is 2.15. The molecule has 4 N–H and O–H groups in total. The van der Waals surface area contributed by atoms with Crippen LogP contribution in [0.3, 0.4) is 0 Å². The number of sulfonamides is 1. The molecule has 0 aromatic heterocycles. The molecule has 0 unspecified atom stereocenters. The molecule has 0 saturated heterocycles. The summed E-state index contributed by atoms with van der Waals surface area (Å²) in [5.74, 6) is -0.692. The molecule has 7 nitrogen and oxygen atoms in total. The number of anilines is 2. The molecule has 0 atom stereocenters. The fraction of sp³-hybridized carbons (Fsp3) is 0.188. The van der Waals surface area contributed by atoms with E-state index in [9.17, 15) is 18.3 Å². The third kappa shape index (κ3) is 5.18. The minimum absolute atomic E-state index is 0.138. The van der Waals surface area contributed by atoms with Crippen molar-refractivity contribution < 1.29 is 18.3 Å². The van der Waals surface area contributed by atoms with Gasteiger partial charge in [0.05, 0.1) is 26.4 Å². The van der Waals surface area contributed by atoms with Crippen LogP contribution in [-0.4, -0.2) is 25.6 Å². The number of nitrogens with one attached hydrogen (secondary N) is 3. The Labute approximate surface area is 171 Å². The molecule has 0 aliphatic carbocycles. The van der Waals surface area contributed by atoms with Crippen LogP contribution in [0.2, 0.25) is 15.1 Å². The lowest BCUT2D eigenvalue weighted by atomic mass is 10.3. The molecule has 0 spiro atoms. The van der Waals surface area contributed by atoms with E-state index in [0.29, 0.717) is 0 Å². The highest BCUT2D eigenvalue weighted by Crippen LogP contribution is 2.37. The molecule has 2 amide bonds. The third-order valence-electron chi connectivity index (χ3n) is 3.19. The van der Waals surface area contributed by atoms with Crippen LogP contribution in [0.1, 0.15) is 13.8 Å². The Hall–Kier alpha value is -1.71. The van der Waals surface area contributed by atoms with Crippen molar-refractivity contribution in [3.05, 3.63) is 45.4 Å². The van der Waals surface area contributed by atoms with Gasteiger partial charge in [0.15, 0.2) is 5.75 Å². The highest BCUT2D eigenvalue weighted by Gasteiger charge is 2.26. The van der Waals surface area contributed by atoms with Crippen LogP contribution in [0.5, 0.6) is 5.75 Å². The molecule has 0 fully saturated rings. The standard InChI is InChI=1S/C16H16Cl3N3O4S/c1-8(2)22-27(25,26)15-10(18)6-7-12(14(15)23)21-16(24)20-11-5-3-4-9(17)13(11)19/h3-8,22-23H,1-2H3,(H2,20,21,24). The van der Waals surface area contributed by atoms with Gasteiger partial charge in [-0.3, -0.25) is 0 Å². The zero-order valence-electron chi connectivity index (χ0n) is 14.2. The topological polar surface area (TPSA) is 108 Å². The number of carbonyl (C=O) groups is 1. The molecule has 27 heavy (non-hydrogen) atoms. The predicted octanol–water partition coefficient (Wildman–Crippen LogP) is 4.68. The van der Waals surface area contributed by atoms with Crippen LogP contribution in [0.25, 0.3) is 0 Å². The number of urea groups is 1. The summed E-state index contributed by atoms with van der Waals surface area (Å²) in [6.45, 7) is 3.24. The van der Waals surface area contributed by atoms with Crippen molar-refractivity contribution in [1.29, 1.82) is 0 Å². The van der Waals surface area contributed by atoms with Gasteiger partial charge in [0, 0.05) is 6.04 Å². The van der Waals surface area contributed by atoms with E-state index >= 15 is 0 Å². The number of phenols is 1. The van der Waals surface area contributed by atoms with E-state index in [4.69, 9.17) is 34.8 Å². The van der Waals surface area contributed by atoms with Crippen LogP contribution >= 0.6 is 34.8 Å². The number of hydrogen-bond donors (Lipinski definition) is 4. The third-order valence-corrected chi connectivity index (χ3v) is 6.17. The fourth-order valence-corrected chi connectivity index (χ4v) is 4.38. The van der Waals surface area contributed by atoms with Gasteiger partial charge in [-0.1, -0.05) is 40.9 Å². The van der Waals surface area contributed by atoms with Gasteiger partial charge in [-0.25, -0.2) is 17.9 Å². The van der Waals surface area contributed by atoms with Crippen LogP contribution in [0.4, 0.5) is 16.2 Å². The second kappa shape index (κ2) is 8.53. The van der Waals surface area contributed by atoms with Gasteiger partial charge in [-0.15, -0.1) is 0 Å². The van der Waals surface area contributed by atoms with Crippen LogP contribution in [0.15, 0.2) is 35.2 Å². The Kier molecular flexibility index (Phi) is 6.82. The maximum atomic E-state index is 12.4. The van der Waals surface area contributed by atoms with Crippen LogP contribution < -0.4 is 15.4 Å². The molecule has 0 radical (unpaired) electrons. The summed E-state index contributed by atoms with van der Waals surface area (Å²) in [6.07, 6.45) is 0. The van der Waals surface area contributed by atoms with Gasteiger partial charge in [0.1, 0.15) is 4.90 Å². The molecule has 0 aliphatic heterocycles. The molecular weight excluding hydrogens is 437 g/mol. The monoisotopic (exact) mass is 451 g/mol. The SMILES string of the molecule is CC(C)NS(=O)(=O)c1c(Cl)ccc(NC(=O)Nc2cccc(Cl)c2Cl)c1O. The largest absolute Gasteiger partial charge is 0.504 e. The van der Waals surface area contributed by atoms with Crippen molar-refractivity contribution >= 4 is 62.2 Å². The molecule has 0 heterocycles. The number of rotatable bonds is 5. The summed E-state index contributed by atoms with van der Waals surface area (Å²) in [5, 5.41) is 15.3. The van der Waals surface area contributed by atoms with E-state index in [1.807, 2.05) is 0 Å². The lowest BCUT2D eigenvalue weighted by molar-refractivity contribution is 0.262. The van der Waals surface area contributed by atoms with Gasteiger partial charge >= 0.3 is 6.03 Å². The lowest BCUT2D eigenvalue weighted by Crippen LogP contribution is -2.30. The second-order valence-corrected chi connectivity index (χ2v) is 8.57. The van der Waals surface area contributed by atoms with Gasteiger partial charge < -0.3 is 15.7 Å². The van der Waals surface area contributed by atoms with Gasteiger partial charge in [-0.05, 0) is 38.1 Å². The summed E-state index contributed by atoms with van der Waals surface area (Å²) >= 11 is 17.8. The van der Waals surface area contributed by atoms with Crippen molar-refractivity contribution in [2.45, 2.75) is 24.8 Å². The first-order chi connectivity index (χ1) is 12.5. The smallest absolute Gasteiger partial charge is 0.323 e. The summed E-state index contributed by atoms with van der Waals surface area (Å²) in [5.41, 5.74) is 0.0867. The maximum Gasteiger partial charge on any atom is 0.323 e. The highest BCUT2D eigenvalue weighted by atomic mass is 35.5. The van der Waals surface area contributed by atoms with Gasteiger partial charge in [0.2, 0.25) is 10.0 Å². The summed E-state index contributed by atoms with van der Waals surface area (Å²) in [6, 6.07) is 6.00. The number of hydrogen-bond acceptors (Lipinski definition) is 4. The molecular formula is C16H16Cl3N3O4S. The molecule has 0 bridgehead atoms. The Bertz CT molecular complexity index is 981. The minimum atomic E-state index is -4.09. The van der Waals surface area contributed by atoms with E-state index < -0.39 is 32.7 Å². The second-order valence-electron chi connectivity index (χ2n) is 5.73. The van der Waals surface area contributed by atoms with E-state index in [1.165, 1.54) is 18.2 Å². The predicted molar refractivity (Wildman–Crippen MR) is 108 cm³/mol. The van der Waals surface area contributed by atoms with Crippen molar-refractivity contribution in [3.63, 3.8) is 0 Å². The van der Waals surface area contributed by atoms with Crippen molar-refractivity contribution in [2.75, 3.05) is 10.6 Å². The van der Waals surface area contributed by atoms with Crippen molar-refractivity contribution in [2.24, 2.45) is 0 Å². The summed E-state index contributed by atoms with van der Waals surface area (Å²) in [7, 11) is -4.09. The Balaban J connectivity index is 2.31. The number of halogens is 3.